The van der Waals surface area contributed by atoms with E-state index in [1.165, 1.54) is 0 Å². The molecule has 0 aromatic heterocycles. The zero-order chi connectivity index (χ0) is 19.8. The zero-order valence-corrected chi connectivity index (χ0v) is 15.6. The van der Waals surface area contributed by atoms with Gasteiger partial charge in [-0.3, -0.25) is 9.59 Å². The van der Waals surface area contributed by atoms with E-state index in [-0.39, 0.29) is 12.3 Å². The summed E-state index contributed by atoms with van der Waals surface area (Å²) in [5.41, 5.74) is 2.64. The number of rotatable bonds is 7. The summed E-state index contributed by atoms with van der Waals surface area (Å²) in [6.45, 7) is 2.38. The number of hydrogen-bond donors (Lipinski definition) is 2. The van der Waals surface area contributed by atoms with Crippen molar-refractivity contribution in [1.82, 2.24) is 5.32 Å². The molecular weight excluding hydrogens is 352 g/mol. The Labute approximate surface area is 164 Å². The van der Waals surface area contributed by atoms with Crippen LogP contribution in [0.4, 0.5) is 5.69 Å². The maximum atomic E-state index is 12.3. The van der Waals surface area contributed by atoms with Gasteiger partial charge in [0.15, 0.2) is 5.75 Å². The van der Waals surface area contributed by atoms with Gasteiger partial charge in [0.1, 0.15) is 12.2 Å². The van der Waals surface area contributed by atoms with Crippen molar-refractivity contribution in [3.63, 3.8) is 0 Å². The second-order valence-corrected chi connectivity index (χ2v) is 6.34. The zero-order valence-electron chi connectivity index (χ0n) is 15.6. The molecule has 0 bridgehead atoms. The molecule has 0 aliphatic heterocycles. The van der Waals surface area contributed by atoms with Crippen LogP contribution in [0.2, 0.25) is 0 Å². The van der Waals surface area contributed by atoms with Crippen molar-refractivity contribution >= 4 is 17.5 Å². The number of hydrogen-bond acceptors (Lipinski definition) is 3. The van der Waals surface area contributed by atoms with Gasteiger partial charge in [-0.05, 0) is 42.3 Å². The summed E-state index contributed by atoms with van der Waals surface area (Å²) < 4.78 is 5.82. The molecule has 0 atom stereocenters. The third-order valence-corrected chi connectivity index (χ3v) is 4.19. The molecule has 2 N–H and O–H groups in total. The first kappa shape index (κ1) is 19.2. The van der Waals surface area contributed by atoms with Crippen LogP contribution < -0.4 is 15.4 Å². The standard InChI is InChI=1S/C23H22N2O3/c1-17-9-5-6-10-18(17)16-24-22(26)15-23(27)25-20-13-7-8-14-21(20)28-19-11-3-2-4-12-19/h2-14H,15-16H2,1H3,(H,24,26)(H,25,27). The van der Waals surface area contributed by atoms with Crippen LogP contribution in [0.3, 0.4) is 0 Å². The monoisotopic (exact) mass is 374 g/mol. The molecule has 142 valence electrons. The van der Waals surface area contributed by atoms with Gasteiger partial charge >= 0.3 is 0 Å². The SMILES string of the molecule is Cc1ccccc1CNC(=O)CC(=O)Nc1ccccc1Oc1ccccc1. The van der Waals surface area contributed by atoms with Crippen molar-refractivity contribution in [2.24, 2.45) is 0 Å². The Hall–Kier alpha value is -3.60. The van der Waals surface area contributed by atoms with Crippen molar-refractivity contribution in [2.45, 2.75) is 19.9 Å². The van der Waals surface area contributed by atoms with Crippen molar-refractivity contribution in [3.05, 3.63) is 90.0 Å². The van der Waals surface area contributed by atoms with Crippen LogP contribution in [-0.2, 0) is 16.1 Å². The molecule has 0 fully saturated rings. The Balaban J connectivity index is 1.56. The van der Waals surface area contributed by atoms with Gasteiger partial charge in [0.05, 0.1) is 5.69 Å². The number of carbonyl (C=O) groups is 2. The minimum absolute atomic E-state index is 0.258. The van der Waals surface area contributed by atoms with Gasteiger partial charge in [-0.1, -0.05) is 54.6 Å². The van der Waals surface area contributed by atoms with Crippen LogP contribution in [0.1, 0.15) is 17.5 Å². The number of nitrogens with one attached hydrogen (secondary N) is 2. The van der Waals surface area contributed by atoms with Gasteiger partial charge in [0, 0.05) is 6.54 Å². The van der Waals surface area contributed by atoms with Crippen LogP contribution in [-0.4, -0.2) is 11.8 Å². The number of benzene rings is 3. The van der Waals surface area contributed by atoms with Gasteiger partial charge < -0.3 is 15.4 Å². The minimum Gasteiger partial charge on any atom is -0.455 e. The first-order valence-corrected chi connectivity index (χ1v) is 9.05. The summed E-state index contributed by atoms with van der Waals surface area (Å²) >= 11 is 0. The minimum atomic E-state index is -0.397. The summed E-state index contributed by atoms with van der Waals surface area (Å²) in [7, 11) is 0. The van der Waals surface area contributed by atoms with Crippen LogP contribution in [0.5, 0.6) is 11.5 Å². The quantitative estimate of drug-likeness (QED) is 0.601. The summed E-state index contributed by atoms with van der Waals surface area (Å²) in [6, 6.07) is 24.2. The van der Waals surface area contributed by atoms with Gasteiger partial charge in [-0.25, -0.2) is 0 Å². The Bertz CT molecular complexity index is 955. The highest BCUT2D eigenvalue weighted by Crippen LogP contribution is 2.29. The lowest BCUT2D eigenvalue weighted by Gasteiger charge is -2.12. The average Bonchev–Trinajstić information content (AvgIpc) is 2.69. The Kier molecular flexibility index (Phi) is 6.41. The lowest BCUT2D eigenvalue weighted by Crippen LogP contribution is -2.28. The molecule has 28 heavy (non-hydrogen) atoms. The van der Waals surface area contributed by atoms with E-state index < -0.39 is 5.91 Å². The average molecular weight is 374 g/mol. The van der Waals surface area contributed by atoms with Crippen LogP contribution >= 0.6 is 0 Å². The summed E-state index contributed by atoms with van der Waals surface area (Å²) in [5.74, 6) is 0.455. The molecule has 3 aromatic rings. The van der Waals surface area contributed by atoms with Crippen molar-refractivity contribution in [2.75, 3.05) is 5.32 Å². The number of amides is 2. The molecule has 3 rings (SSSR count). The van der Waals surface area contributed by atoms with E-state index >= 15 is 0 Å². The molecule has 0 spiro atoms. The normalized spacial score (nSPS) is 10.2. The molecule has 5 nitrogen and oxygen atoms in total. The first-order valence-electron chi connectivity index (χ1n) is 9.05. The van der Waals surface area contributed by atoms with E-state index in [1.807, 2.05) is 67.6 Å². The molecule has 3 aromatic carbocycles. The first-order chi connectivity index (χ1) is 13.6. The Morgan fingerprint density at radius 1 is 0.821 bits per heavy atom. The second-order valence-electron chi connectivity index (χ2n) is 6.34. The topological polar surface area (TPSA) is 67.4 Å². The van der Waals surface area contributed by atoms with Crippen molar-refractivity contribution < 1.29 is 14.3 Å². The number of anilines is 1. The Morgan fingerprint density at radius 3 is 2.29 bits per heavy atom. The third kappa shape index (κ3) is 5.45. The summed E-state index contributed by atoms with van der Waals surface area (Å²) in [5, 5.41) is 5.53. The summed E-state index contributed by atoms with van der Waals surface area (Å²) in [6.07, 6.45) is -0.258. The highest BCUT2D eigenvalue weighted by molar-refractivity contribution is 6.04. The Morgan fingerprint density at radius 2 is 1.50 bits per heavy atom. The third-order valence-electron chi connectivity index (χ3n) is 4.19. The van der Waals surface area contributed by atoms with Crippen molar-refractivity contribution in [3.8, 4) is 11.5 Å². The number of ether oxygens (including phenoxy) is 1. The lowest BCUT2D eigenvalue weighted by atomic mass is 10.1. The molecule has 0 heterocycles. The molecule has 0 saturated carbocycles. The van der Waals surface area contributed by atoms with E-state index in [0.29, 0.717) is 23.7 Å². The number of carbonyl (C=O) groups excluding carboxylic acids is 2. The smallest absolute Gasteiger partial charge is 0.233 e. The maximum Gasteiger partial charge on any atom is 0.233 e. The predicted molar refractivity (Wildman–Crippen MR) is 109 cm³/mol. The molecular formula is C23H22N2O3. The fourth-order valence-electron chi connectivity index (χ4n) is 2.68. The van der Waals surface area contributed by atoms with E-state index in [1.54, 1.807) is 18.2 Å². The predicted octanol–water partition coefficient (Wildman–Crippen LogP) is 4.43. The number of para-hydroxylation sites is 3. The molecule has 0 saturated heterocycles. The fraction of sp³-hybridized carbons (Fsp3) is 0.130. The van der Waals surface area contributed by atoms with Gasteiger partial charge in [0.2, 0.25) is 11.8 Å². The highest BCUT2D eigenvalue weighted by atomic mass is 16.5. The van der Waals surface area contributed by atoms with Gasteiger partial charge in [-0.2, -0.15) is 0 Å². The van der Waals surface area contributed by atoms with E-state index in [2.05, 4.69) is 10.6 Å². The van der Waals surface area contributed by atoms with E-state index in [9.17, 15) is 9.59 Å². The lowest BCUT2D eigenvalue weighted by molar-refractivity contribution is -0.126. The van der Waals surface area contributed by atoms with Crippen LogP contribution in [0, 0.1) is 6.92 Å². The highest BCUT2D eigenvalue weighted by Gasteiger charge is 2.12. The fourth-order valence-corrected chi connectivity index (χ4v) is 2.68. The molecule has 2 amide bonds. The van der Waals surface area contributed by atoms with Crippen molar-refractivity contribution in [1.29, 1.82) is 0 Å². The largest absolute Gasteiger partial charge is 0.455 e. The molecule has 5 heteroatoms. The van der Waals surface area contributed by atoms with Gasteiger partial charge in [-0.15, -0.1) is 0 Å². The molecule has 0 radical (unpaired) electrons. The van der Waals surface area contributed by atoms with E-state index in [0.717, 1.165) is 11.1 Å². The van der Waals surface area contributed by atoms with Crippen LogP contribution in [0.25, 0.3) is 0 Å². The molecule has 0 aliphatic rings. The summed E-state index contributed by atoms with van der Waals surface area (Å²) in [4.78, 5) is 24.4. The van der Waals surface area contributed by atoms with E-state index in [4.69, 9.17) is 4.74 Å². The van der Waals surface area contributed by atoms with Crippen LogP contribution in [0.15, 0.2) is 78.9 Å². The second kappa shape index (κ2) is 9.37. The number of aryl methyl sites for hydroxylation is 1. The van der Waals surface area contributed by atoms with Gasteiger partial charge in [0.25, 0.3) is 0 Å². The maximum absolute atomic E-state index is 12.3. The molecule has 0 unspecified atom stereocenters. The molecule has 0 aliphatic carbocycles.